The van der Waals surface area contributed by atoms with E-state index in [-0.39, 0.29) is 5.82 Å². The molecular formula is C27H30BFN2O2S2. The summed E-state index contributed by atoms with van der Waals surface area (Å²) in [5.74, 6) is 0.432. The van der Waals surface area contributed by atoms with E-state index in [2.05, 4.69) is 22.6 Å². The molecule has 0 aliphatic carbocycles. The molecule has 0 saturated carbocycles. The second-order valence-corrected chi connectivity index (χ2v) is 12.3. The maximum atomic E-state index is 15.0. The molecular weight excluding hydrogens is 478 g/mol. The summed E-state index contributed by atoms with van der Waals surface area (Å²) in [6, 6.07) is 13.7. The molecule has 35 heavy (non-hydrogen) atoms. The summed E-state index contributed by atoms with van der Waals surface area (Å²) >= 11 is 2.75. The number of thiophene rings is 1. The summed E-state index contributed by atoms with van der Waals surface area (Å²) in [6.07, 6.45) is 1.95. The highest BCUT2D eigenvalue weighted by atomic mass is 32.1. The number of aryl methyl sites for hydroxylation is 1. The molecule has 0 amide bonds. The van der Waals surface area contributed by atoms with Crippen LogP contribution >= 0.6 is 23.1 Å². The van der Waals surface area contributed by atoms with Gasteiger partial charge in [-0.1, -0.05) is 38.1 Å². The average molecular weight is 508 g/mol. The van der Waals surface area contributed by atoms with Crippen LogP contribution in [0, 0.1) is 11.7 Å². The van der Waals surface area contributed by atoms with Crippen LogP contribution in [0.5, 0.6) is 0 Å². The van der Waals surface area contributed by atoms with Gasteiger partial charge in [-0.2, -0.15) is 8.75 Å². The van der Waals surface area contributed by atoms with Gasteiger partial charge < -0.3 is 9.31 Å². The minimum absolute atomic E-state index is 0.170. The van der Waals surface area contributed by atoms with Gasteiger partial charge >= 0.3 is 7.12 Å². The predicted molar refractivity (Wildman–Crippen MR) is 145 cm³/mol. The van der Waals surface area contributed by atoms with Crippen LogP contribution in [0.2, 0.25) is 0 Å². The molecule has 1 aliphatic rings. The van der Waals surface area contributed by atoms with Gasteiger partial charge in [0, 0.05) is 26.3 Å². The Labute approximate surface area is 215 Å². The monoisotopic (exact) mass is 508 g/mol. The lowest BCUT2D eigenvalue weighted by Gasteiger charge is -2.32. The second-order valence-electron chi connectivity index (χ2n) is 10.7. The number of benzene rings is 2. The van der Waals surface area contributed by atoms with Crippen molar-refractivity contribution in [3.8, 4) is 20.9 Å². The highest BCUT2D eigenvalue weighted by Gasteiger charge is 2.52. The molecule has 4 nitrogen and oxygen atoms in total. The Hall–Kier alpha value is -2.13. The fourth-order valence-corrected chi connectivity index (χ4v) is 5.88. The Bertz CT molecular complexity index is 1360. The molecule has 5 rings (SSSR count). The van der Waals surface area contributed by atoms with Crippen molar-refractivity contribution in [3.05, 3.63) is 53.8 Å². The van der Waals surface area contributed by atoms with E-state index >= 15 is 0 Å². The fraction of sp³-hybridized carbons (Fsp3) is 0.407. The molecule has 0 atom stereocenters. The maximum absolute atomic E-state index is 15.0. The number of nitrogens with zero attached hydrogens (tertiary/aromatic N) is 2. The Kier molecular flexibility index (Phi) is 6.37. The first-order valence-electron chi connectivity index (χ1n) is 12.1. The van der Waals surface area contributed by atoms with E-state index in [4.69, 9.17) is 9.31 Å². The van der Waals surface area contributed by atoms with Crippen molar-refractivity contribution in [1.82, 2.24) is 8.75 Å². The van der Waals surface area contributed by atoms with Crippen LogP contribution in [0.4, 0.5) is 4.39 Å². The first-order chi connectivity index (χ1) is 16.6. The van der Waals surface area contributed by atoms with E-state index in [0.717, 1.165) is 50.2 Å². The van der Waals surface area contributed by atoms with Gasteiger partial charge in [0.05, 0.1) is 22.9 Å². The third-order valence-electron chi connectivity index (χ3n) is 7.13. The zero-order valence-corrected chi connectivity index (χ0v) is 22.6. The van der Waals surface area contributed by atoms with Crippen molar-refractivity contribution >= 4 is 46.7 Å². The maximum Gasteiger partial charge on any atom is 0.497 e. The molecule has 0 spiro atoms. The van der Waals surface area contributed by atoms with Crippen molar-refractivity contribution in [3.63, 3.8) is 0 Å². The van der Waals surface area contributed by atoms with Crippen molar-refractivity contribution in [2.24, 2.45) is 5.92 Å². The van der Waals surface area contributed by atoms with Crippen LogP contribution < -0.4 is 5.46 Å². The van der Waals surface area contributed by atoms with E-state index in [0.29, 0.717) is 11.5 Å². The molecule has 0 N–H and O–H groups in total. The first kappa shape index (κ1) is 24.6. The normalized spacial score (nSPS) is 17.1. The average Bonchev–Trinajstić information content (AvgIpc) is 3.50. The van der Waals surface area contributed by atoms with Crippen molar-refractivity contribution in [1.29, 1.82) is 0 Å². The summed E-state index contributed by atoms with van der Waals surface area (Å²) in [5, 5.41) is 0. The van der Waals surface area contributed by atoms with Crippen LogP contribution in [0.15, 0.2) is 42.5 Å². The molecule has 0 bridgehead atoms. The van der Waals surface area contributed by atoms with E-state index < -0.39 is 18.3 Å². The molecule has 2 aromatic heterocycles. The molecule has 0 unspecified atom stereocenters. The third-order valence-corrected chi connectivity index (χ3v) is 8.81. The molecule has 8 heteroatoms. The van der Waals surface area contributed by atoms with Crippen molar-refractivity contribution in [2.45, 2.75) is 65.6 Å². The molecule has 4 aromatic rings. The van der Waals surface area contributed by atoms with Crippen LogP contribution in [0.1, 0.15) is 53.5 Å². The zero-order chi connectivity index (χ0) is 25.0. The number of rotatable bonds is 6. The van der Waals surface area contributed by atoms with Gasteiger partial charge in [0.2, 0.25) is 0 Å². The third kappa shape index (κ3) is 4.57. The molecule has 3 heterocycles. The van der Waals surface area contributed by atoms with Gasteiger partial charge in [0.1, 0.15) is 16.9 Å². The Balaban J connectivity index is 1.45. The lowest BCUT2D eigenvalue weighted by atomic mass is 9.77. The summed E-state index contributed by atoms with van der Waals surface area (Å²) in [6.45, 7) is 12.5. The standard InChI is InChI=1S/C27H30BFN2O2S2/c1-16(2)7-8-17-9-10-18(21(29)15-17)22-13-14-23(34-22)19-11-12-20(25-24(19)30-35-31-25)28-32-26(3,4)27(5,6)33-28/h9-16H,7-8H2,1-6H3. The molecule has 182 valence electrons. The summed E-state index contributed by atoms with van der Waals surface area (Å²) in [5.41, 5.74) is 4.31. The number of fused-ring (bicyclic) bond motifs is 1. The highest BCUT2D eigenvalue weighted by molar-refractivity contribution is 7.19. The lowest BCUT2D eigenvalue weighted by molar-refractivity contribution is 0.00578. The van der Waals surface area contributed by atoms with Gasteiger partial charge in [0.15, 0.2) is 0 Å². The Morgan fingerprint density at radius 3 is 2.17 bits per heavy atom. The quantitative estimate of drug-likeness (QED) is 0.260. The topological polar surface area (TPSA) is 44.2 Å². The van der Waals surface area contributed by atoms with Crippen LogP contribution in [0.25, 0.3) is 31.9 Å². The minimum Gasteiger partial charge on any atom is -0.399 e. The summed E-state index contributed by atoms with van der Waals surface area (Å²) < 4.78 is 36.7. The molecule has 1 aliphatic heterocycles. The molecule has 1 fully saturated rings. The van der Waals surface area contributed by atoms with Gasteiger partial charge in [0.25, 0.3) is 0 Å². The number of aromatic nitrogens is 2. The smallest absolute Gasteiger partial charge is 0.399 e. The molecule has 1 saturated heterocycles. The van der Waals surface area contributed by atoms with Gasteiger partial charge in [-0.05, 0) is 70.2 Å². The van der Waals surface area contributed by atoms with Crippen molar-refractivity contribution in [2.75, 3.05) is 0 Å². The van der Waals surface area contributed by atoms with Gasteiger partial charge in [-0.3, -0.25) is 0 Å². The second kappa shape index (κ2) is 9.07. The van der Waals surface area contributed by atoms with Crippen molar-refractivity contribution < 1.29 is 13.7 Å². The first-order valence-corrected chi connectivity index (χ1v) is 13.6. The van der Waals surface area contributed by atoms with E-state index in [9.17, 15) is 4.39 Å². The molecule has 0 radical (unpaired) electrons. The molecule has 2 aromatic carbocycles. The Morgan fingerprint density at radius 1 is 0.886 bits per heavy atom. The minimum atomic E-state index is -0.498. The number of hydrogen-bond acceptors (Lipinski definition) is 6. The van der Waals surface area contributed by atoms with E-state index in [1.54, 1.807) is 17.4 Å². The van der Waals surface area contributed by atoms with E-state index in [1.165, 1.54) is 11.7 Å². The number of halogens is 1. The summed E-state index contributed by atoms with van der Waals surface area (Å²) in [4.78, 5) is 1.93. The van der Waals surface area contributed by atoms with Gasteiger partial charge in [-0.25, -0.2) is 4.39 Å². The SMILES string of the molecule is CC(C)CCc1ccc(-c2ccc(-c3ccc(B4OC(C)(C)C(C)(C)O4)c4nsnc34)s2)c(F)c1. The fourth-order valence-electron chi connectivity index (χ4n) is 4.24. The van der Waals surface area contributed by atoms with Crippen LogP contribution in [0.3, 0.4) is 0 Å². The van der Waals surface area contributed by atoms with Crippen LogP contribution in [-0.4, -0.2) is 27.1 Å². The highest BCUT2D eigenvalue weighted by Crippen LogP contribution is 2.40. The lowest BCUT2D eigenvalue weighted by Crippen LogP contribution is -2.41. The Morgan fingerprint density at radius 2 is 1.51 bits per heavy atom. The van der Waals surface area contributed by atoms with Crippen LogP contribution in [-0.2, 0) is 15.7 Å². The predicted octanol–water partition coefficient (Wildman–Crippen LogP) is 7.11. The number of hydrogen-bond donors (Lipinski definition) is 0. The van der Waals surface area contributed by atoms with Gasteiger partial charge in [-0.15, -0.1) is 11.3 Å². The summed E-state index contributed by atoms with van der Waals surface area (Å²) in [7, 11) is -0.498. The largest absolute Gasteiger partial charge is 0.497 e. The van der Waals surface area contributed by atoms with E-state index in [1.807, 2.05) is 64.1 Å². The zero-order valence-electron chi connectivity index (χ0n) is 21.0.